The molecular formula is C8H11OP. The minimum atomic E-state index is 0.599. The maximum absolute atomic E-state index is 10.2. The van der Waals surface area contributed by atoms with Gasteiger partial charge in [0.05, 0.1) is 0 Å². The van der Waals surface area contributed by atoms with Crippen LogP contribution in [0.1, 0.15) is 6.92 Å². The Hall–Kier alpha value is -0.680. The molecule has 0 aromatic heterocycles. The Kier molecular flexibility index (Phi) is 4.78. The average Bonchev–Trinajstić information content (AvgIpc) is 1.90. The third-order valence-corrected chi connectivity index (χ3v) is 1.10. The minimum Gasteiger partial charge on any atom is -0.298 e. The van der Waals surface area contributed by atoms with E-state index in [-0.39, 0.29) is 0 Å². The molecule has 54 valence electrons. The SMILES string of the molecule is C=C/C(C=O)=C\C=C(/C)P. The molecule has 0 radical (unpaired) electrons. The number of carbonyl (C=O) groups is 1. The van der Waals surface area contributed by atoms with Crippen molar-refractivity contribution in [2.24, 2.45) is 0 Å². The molecule has 2 heteroatoms. The van der Waals surface area contributed by atoms with Crippen molar-refractivity contribution in [1.82, 2.24) is 0 Å². The number of allylic oxidation sites excluding steroid dienone is 5. The Morgan fingerprint density at radius 2 is 2.10 bits per heavy atom. The number of carbonyl (C=O) groups excluding carboxylic acids is 1. The fourth-order valence-electron chi connectivity index (χ4n) is 0.383. The molecule has 0 aromatic carbocycles. The number of rotatable bonds is 3. The van der Waals surface area contributed by atoms with Crippen LogP contribution in [-0.2, 0) is 4.79 Å². The molecule has 0 aliphatic carbocycles. The Morgan fingerprint density at radius 3 is 2.40 bits per heavy atom. The van der Waals surface area contributed by atoms with Gasteiger partial charge < -0.3 is 0 Å². The standard InChI is InChI=1S/C8H11OP/c1-3-8(6-9)5-4-7(2)10/h3-6H,1,10H2,2H3/b7-4+,8-5+. The molecule has 1 nitrogen and oxygen atoms in total. The van der Waals surface area contributed by atoms with Crippen LogP contribution in [0.2, 0.25) is 0 Å². The first-order valence-electron chi connectivity index (χ1n) is 2.92. The first-order chi connectivity index (χ1) is 4.70. The molecule has 0 aliphatic rings. The summed E-state index contributed by atoms with van der Waals surface area (Å²) in [7, 11) is 2.53. The Morgan fingerprint density at radius 1 is 1.50 bits per heavy atom. The first-order valence-corrected chi connectivity index (χ1v) is 3.50. The Balaban J connectivity index is 4.26. The second-order valence-electron chi connectivity index (χ2n) is 1.90. The van der Waals surface area contributed by atoms with Gasteiger partial charge in [0.2, 0.25) is 0 Å². The molecule has 0 bridgehead atoms. The highest BCUT2D eigenvalue weighted by molar-refractivity contribution is 7.22. The maximum atomic E-state index is 10.2. The van der Waals surface area contributed by atoms with Crippen molar-refractivity contribution < 1.29 is 4.79 Å². The lowest BCUT2D eigenvalue weighted by molar-refractivity contribution is -0.104. The van der Waals surface area contributed by atoms with Crippen LogP contribution in [0.15, 0.2) is 35.7 Å². The van der Waals surface area contributed by atoms with Gasteiger partial charge in [-0.15, -0.1) is 9.24 Å². The van der Waals surface area contributed by atoms with Crippen molar-refractivity contribution in [2.45, 2.75) is 6.92 Å². The van der Waals surface area contributed by atoms with Gasteiger partial charge in [-0.1, -0.05) is 30.1 Å². The second-order valence-corrected chi connectivity index (χ2v) is 2.81. The quantitative estimate of drug-likeness (QED) is 0.263. The summed E-state index contributed by atoms with van der Waals surface area (Å²) in [4.78, 5) is 10.2. The third kappa shape index (κ3) is 4.22. The molecule has 1 atom stereocenters. The van der Waals surface area contributed by atoms with Crippen LogP contribution < -0.4 is 0 Å². The Bertz CT molecular complexity index is 175. The summed E-state index contributed by atoms with van der Waals surface area (Å²) in [5, 5.41) is 1.08. The van der Waals surface area contributed by atoms with Gasteiger partial charge in [-0.2, -0.15) is 0 Å². The second kappa shape index (κ2) is 5.13. The molecule has 0 N–H and O–H groups in total. The van der Waals surface area contributed by atoms with Gasteiger partial charge in [-0.3, -0.25) is 4.79 Å². The minimum absolute atomic E-state index is 0.599. The van der Waals surface area contributed by atoms with Gasteiger partial charge >= 0.3 is 0 Å². The first kappa shape index (κ1) is 9.32. The van der Waals surface area contributed by atoms with Crippen molar-refractivity contribution >= 4 is 15.5 Å². The normalized spacial score (nSPS) is 13.0. The molecule has 0 saturated carbocycles. The topological polar surface area (TPSA) is 17.1 Å². The van der Waals surface area contributed by atoms with Crippen LogP contribution in [0, 0.1) is 0 Å². The molecule has 0 saturated heterocycles. The number of hydrogen-bond acceptors (Lipinski definition) is 1. The summed E-state index contributed by atoms with van der Waals surface area (Å²) in [5.74, 6) is 0. The lowest BCUT2D eigenvalue weighted by Crippen LogP contribution is -1.74. The van der Waals surface area contributed by atoms with Crippen molar-refractivity contribution in [3.05, 3.63) is 35.7 Å². The maximum Gasteiger partial charge on any atom is 0.150 e. The molecule has 0 amide bonds. The van der Waals surface area contributed by atoms with Crippen LogP contribution in [-0.4, -0.2) is 6.29 Å². The highest BCUT2D eigenvalue weighted by Gasteiger charge is 1.82. The van der Waals surface area contributed by atoms with Crippen LogP contribution >= 0.6 is 9.24 Å². The fourth-order valence-corrected chi connectivity index (χ4v) is 0.479. The molecule has 0 heterocycles. The molecule has 0 aliphatic heterocycles. The lowest BCUT2D eigenvalue weighted by Gasteiger charge is -1.85. The van der Waals surface area contributed by atoms with Gasteiger partial charge in [-0.25, -0.2) is 0 Å². The summed E-state index contributed by atoms with van der Waals surface area (Å²) >= 11 is 0. The zero-order chi connectivity index (χ0) is 7.98. The highest BCUT2D eigenvalue weighted by atomic mass is 31.0. The fraction of sp³-hybridized carbons (Fsp3) is 0.125. The molecule has 0 spiro atoms. The van der Waals surface area contributed by atoms with Crippen LogP contribution in [0.4, 0.5) is 0 Å². The van der Waals surface area contributed by atoms with E-state index in [0.29, 0.717) is 5.57 Å². The number of aldehydes is 1. The van der Waals surface area contributed by atoms with Crippen LogP contribution in [0.25, 0.3) is 0 Å². The summed E-state index contributed by atoms with van der Waals surface area (Å²) in [5.41, 5.74) is 0.599. The van der Waals surface area contributed by atoms with Gasteiger partial charge in [0.1, 0.15) is 6.29 Å². The van der Waals surface area contributed by atoms with Gasteiger partial charge in [0.15, 0.2) is 0 Å². The van der Waals surface area contributed by atoms with Crippen molar-refractivity contribution in [1.29, 1.82) is 0 Å². The predicted molar refractivity (Wildman–Crippen MR) is 47.8 cm³/mol. The molecule has 0 fully saturated rings. The molecule has 1 unspecified atom stereocenters. The van der Waals surface area contributed by atoms with E-state index in [0.717, 1.165) is 11.6 Å². The summed E-state index contributed by atoms with van der Waals surface area (Å²) in [6.07, 6.45) is 5.87. The van der Waals surface area contributed by atoms with Crippen LogP contribution in [0.3, 0.4) is 0 Å². The van der Waals surface area contributed by atoms with Gasteiger partial charge in [0, 0.05) is 5.57 Å². The average molecular weight is 154 g/mol. The highest BCUT2D eigenvalue weighted by Crippen LogP contribution is 2.03. The van der Waals surface area contributed by atoms with Crippen molar-refractivity contribution in [3.8, 4) is 0 Å². The van der Waals surface area contributed by atoms with Crippen molar-refractivity contribution in [2.75, 3.05) is 0 Å². The summed E-state index contributed by atoms with van der Waals surface area (Å²) in [6, 6.07) is 0. The largest absolute Gasteiger partial charge is 0.298 e. The van der Waals surface area contributed by atoms with E-state index in [2.05, 4.69) is 15.8 Å². The van der Waals surface area contributed by atoms with Gasteiger partial charge in [-0.05, 0) is 6.92 Å². The summed E-state index contributed by atoms with van der Waals surface area (Å²) < 4.78 is 0. The molecule has 10 heavy (non-hydrogen) atoms. The zero-order valence-corrected chi connectivity index (χ0v) is 7.16. The Labute approximate surface area is 63.7 Å². The van der Waals surface area contributed by atoms with E-state index in [9.17, 15) is 4.79 Å². The van der Waals surface area contributed by atoms with E-state index in [1.165, 1.54) is 6.08 Å². The van der Waals surface area contributed by atoms with E-state index in [1.807, 2.05) is 13.0 Å². The summed E-state index contributed by atoms with van der Waals surface area (Å²) in [6.45, 7) is 5.41. The van der Waals surface area contributed by atoms with E-state index in [4.69, 9.17) is 0 Å². The number of hydrogen-bond donors (Lipinski definition) is 0. The molecule has 0 aromatic rings. The van der Waals surface area contributed by atoms with Crippen LogP contribution in [0.5, 0.6) is 0 Å². The van der Waals surface area contributed by atoms with E-state index >= 15 is 0 Å². The zero-order valence-electron chi connectivity index (χ0n) is 6.00. The van der Waals surface area contributed by atoms with Crippen molar-refractivity contribution in [3.63, 3.8) is 0 Å². The molecular weight excluding hydrogens is 143 g/mol. The lowest BCUT2D eigenvalue weighted by atomic mass is 10.2. The molecule has 0 rings (SSSR count). The third-order valence-electron chi connectivity index (χ3n) is 0.910. The van der Waals surface area contributed by atoms with E-state index in [1.54, 1.807) is 6.08 Å². The smallest absolute Gasteiger partial charge is 0.150 e. The predicted octanol–water partition coefficient (Wildman–Crippen LogP) is 2.08. The van der Waals surface area contributed by atoms with Gasteiger partial charge in [0.25, 0.3) is 0 Å². The monoisotopic (exact) mass is 154 g/mol. The van der Waals surface area contributed by atoms with E-state index < -0.39 is 0 Å².